The Morgan fingerprint density at radius 2 is 2.25 bits per heavy atom. The van der Waals surface area contributed by atoms with E-state index in [9.17, 15) is 4.79 Å². The van der Waals surface area contributed by atoms with Crippen LogP contribution >= 0.6 is 11.8 Å². The number of aromatic nitrogens is 1. The third-order valence-corrected chi connectivity index (χ3v) is 4.20. The monoisotopic (exact) mass is 289 g/mol. The summed E-state index contributed by atoms with van der Waals surface area (Å²) >= 11 is 1.97. The van der Waals surface area contributed by atoms with Gasteiger partial charge in [0, 0.05) is 6.42 Å². The van der Waals surface area contributed by atoms with Crippen LogP contribution < -0.4 is 11.1 Å². The zero-order valence-electron chi connectivity index (χ0n) is 11.4. The number of hydrogen-bond acceptors (Lipinski definition) is 4. The molecule has 1 aliphatic rings. The van der Waals surface area contributed by atoms with Crippen molar-refractivity contribution in [3.8, 4) is 11.8 Å². The number of carbonyl (C=O) groups excluding carboxylic acids is 1. The highest BCUT2D eigenvalue weighted by Gasteiger charge is 2.17. The fraction of sp³-hybridized carbons (Fsp3) is 0.467. The first-order chi connectivity index (χ1) is 9.78. The summed E-state index contributed by atoms with van der Waals surface area (Å²) in [5.41, 5.74) is 5.95. The van der Waals surface area contributed by atoms with E-state index in [2.05, 4.69) is 22.1 Å². The molecule has 0 spiro atoms. The molecule has 1 fully saturated rings. The van der Waals surface area contributed by atoms with Gasteiger partial charge in [0.25, 0.3) is 0 Å². The van der Waals surface area contributed by atoms with E-state index >= 15 is 0 Å². The number of nitrogens with one attached hydrogen (secondary N) is 1. The maximum Gasteiger partial charge on any atom is 0.225 e. The first-order valence-corrected chi connectivity index (χ1v) is 7.97. The molecule has 0 radical (unpaired) electrons. The van der Waals surface area contributed by atoms with Gasteiger partial charge in [0.15, 0.2) is 0 Å². The first-order valence-electron chi connectivity index (χ1n) is 6.81. The van der Waals surface area contributed by atoms with Crippen molar-refractivity contribution in [2.45, 2.75) is 19.3 Å². The van der Waals surface area contributed by atoms with E-state index in [4.69, 9.17) is 5.73 Å². The third kappa shape index (κ3) is 4.87. The molecule has 4 nitrogen and oxygen atoms in total. The van der Waals surface area contributed by atoms with Gasteiger partial charge < -0.3 is 11.1 Å². The lowest BCUT2D eigenvalue weighted by atomic mass is 9.98. The van der Waals surface area contributed by atoms with Crippen molar-refractivity contribution in [2.75, 3.05) is 23.4 Å². The van der Waals surface area contributed by atoms with E-state index in [0.717, 1.165) is 12.8 Å². The Labute approximate surface area is 123 Å². The van der Waals surface area contributed by atoms with Crippen molar-refractivity contribution in [3.05, 3.63) is 23.9 Å². The summed E-state index contributed by atoms with van der Waals surface area (Å²) in [5, 5.41) is 2.85. The smallest absolute Gasteiger partial charge is 0.225 e. The Bertz CT molecular complexity index is 515. The van der Waals surface area contributed by atoms with Crippen LogP contribution in [0.2, 0.25) is 0 Å². The fourth-order valence-corrected chi connectivity index (χ4v) is 3.33. The third-order valence-electron chi connectivity index (χ3n) is 3.15. The molecule has 1 amide bonds. The van der Waals surface area contributed by atoms with Gasteiger partial charge >= 0.3 is 0 Å². The molecule has 0 saturated carbocycles. The van der Waals surface area contributed by atoms with Gasteiger partial charge in [0.05, 0.1) is 6.54 Å². The molecule has 1 aromatic rings. The summed E-state index contributed by atoms with van der Waals surface area (Å²) in [4.78, 5) is 16.3. The number of nitrogens with zero attached hydrogens (tertiary/aromatic N) is 1. The molecule has 0 unspecified atom stereocenters. The van der Waals surface area contributed by atoms with Crippen LogP contribution in [-0.2, 0) is 4.79 Å². The van der Waals surface area contributed by atoms with Crippen LogP contribution in [0.25, 0.3) is 0 Å². The minimum atomic E-state index is 0.0401. The van der Waals surface area contributed by atoms with Gasteiger partial charge in [0.2, 0.25) is 5.91 Å². The molecule has 106 valence electrons. The lowest BCUT2D eigenvalue weighted by molar-refractivity contribution is -0.117. The van der Waals surface area contributed by atoms with Crippen molar-refractivity contribution >= 4 is 23.5 Å². The highest BCUT2D eigenvalue weighted by molar-refractivity contribution is 7.99. The van der Waals surface area contributed by atoms with E-state index in [-0.39, 0.29) is 5.91 Å². The molecule has 1 saturated heterocycles. The zero-order valence-corrected chi connectivity index (χ0v) is 12.2. The van der Waals surface area contributed by atoms with E-state index in [1.807, 2.05) is 17.8 Å². The molecule has 1 aromatic heterocycles. The van der Waals surface area contributed by atoms with E-state index < -0.39 is 0 Å². The summed E-state index contributed by atoms with van der Waals surface area (Å²) in [7, 11) is 0. The molecular formula is C15H19N3OS. The van der Waals surface area contributed by atoms with Crippen molar-refractivity contribution in [1.29, 1.82) is 0 Å². The van der Waals surface area contributed by atoms with E-state index in [1.165, 1.54) is 11.5 Å². The SMILES string of the molecule is NCC#Cc1cccc(NC(=O)CC2CCSCC2)n1. The van der Waals surface area contributed by atoms with Crippen LogP contribution in [0.5, 0.6) is 0 Å². The van der Waals surface area contributed by atoms with Crippen LogP contribution in [0.3, 0.4) is 0 Å². The minimum Gasteiger partial charge on any atom is -0.320 e. The van der Waals surface area contributed by atoms with Crippen LogP contribution in [0, 0.1) is 17.8 Å². The molecular weight excluding hydrogens is 270 g/mol. The quantitative estimate of drug-likeness (QED) is 0.834. The molecule has 5 heteroatoms. The molecule has 20 heavy (non-hydrogen) atoms. The van der Waals surface area contributed by atoms with Gasteiger partial charge in [-0.15, -0.1) is 0 Å². The maximum absolute atomic E-state index is 12.0. The number of anilines is 1. The Balaban J connectivity index is 1.90. The highest BCUT2D eigenvalue weighted by atomic mass is 32.2. The predicted molar refractivity (Wildman–Crippen MR) is 83.5 cm³/mol. The second-order valence-electron chi connectivity index (χ2n) is 4.72. The zero-order chi connectivity index (χ0) is 14.2. The Hall–Kier alpha value is -1.51. The lowest BCUT2D eigenvalue weighted by Crippen LogP contribution is -2.20. The molecule has 0 aromatic carbocycles. The summed E-state index contributed by atoms with van der Waals surface area (Å²) in [6, 6.07) is 5.42. The number of thioether (sulfide) groups is 1. The van der Waals surface area contributed by atoms with Crippen molar-refractivity contribution < 1.29 is 4.79 Å². The molecule has 2 heterocycles. The number of hydrogen-bond donors (Lipinski definition) is 2. The van der Waals surface area contributed by atoms with Gasteiger partial charge in [-0.05, 0) is 48.3 Å². The average Bonchev–Trinajstić information content (AvgIpc) is 2.46. The highest BCUT2D eigenvalue weighted by Crippen LogP contribution is 2.25. The first kappa shape index (κ1) is 14.9. The van der Waals surface area contributed by atoms with Crippen molar-refractivity contribution in [3.63, 3.8) is 0 Å². The number of amides is 1. The second kappa shape index (κ2) is 7.93. The van der Waals surface area contributed by atoms with Gasteiger partial charge in [-0.2, -0.15) is 11.8 Å². The normalized spacial score (nSPS) is 15.2. The molecule has 0 bridgehead atoms. The average molecular weight is 289 g/mol. The Morgan fingerprint density at radius 1 is 1.45 bits per heavy atom. The van der Waals surface area contributed by atoms with Crippen molar-refractivity contribution in [2.24, 2.45) is 11.7 Å². The number of nitrogens with two attached hydrogens (primary N) is 1. The molecule has 1 aliphatic heterocycles. The fourth-order valence-electron chi connectivity index (χ4n) is 2.12. The number of pyridine rings is 1. The number of carbonyl (C=O) groups is 1. The Kier molecular flexibility index (Phi) is 5.90. The summed E-state index contributed by atoms with van der Waals surface area (Å²) in [5.74, 6) is 9.05. The molecule has 3 N–H and O–H groups in total. The van der Waals surface area contributed by atoms with Gasteiger partial charge in [-0.1, -0.05) is 12.0 Å². The maximum atomic E-state index is 12.0. The minimum absolute atomic E-state index is 0.0401. The lowest BCUT2D eigenvalue weighted by Gasteiger charge is -2.20. The van der Waals surface area contributed by atoms with Crippen LogP contribution in [-0.4, -0.2) is 28.9 Å². The van der Waals surface area contributed by atoms with E-state index in [1.54, 1.807) is 12.1 Å². The van der Waals surface area contributed by atoms with Gasteiger partial charge in [-0.25, -0.2) is 4.98 Å². The van der Waals surface area contributed by atoms with E-state index in [0.29, 0.717) is 30.4 Å². The van der Waals surface area contributed by atoms with Gasteiger partial charge in [0.1, 0.15) is 11.5 Å². The second-order valence-corrected chi connectivity index (χ2v) is 5.95. The predicted octanol–water partition coefficient (Wildman–Crippen LogP) is 1.86. The Morgan fingerprint density at radius 3 is 3.00 bits per heavy atom. The summed E-state index contributed by atoms with van der Waals surface area (Å²) in [6.45, 7) is 0.304. The topological polar surface area (TPSA) is 68.0 Å². The van der Waals surface area contributed by atoms with Crippen molar-refractivity contribution in [1.82, 2.24) is 4.98 Å². The molecule has 2 rings (SSSR count). The molecule has 0 atom stereocenters. The van der Waals surface area contributed by atoms with Crippen LogP contribution in [0.1, 0.15) is 25.0 Å². The summed E-state index contributed by atoms with van der Waals surface area (Å²) < 4.78 is 0. The molecule has 0 aliphatic carbocycles. The number of rotatable bonds is 3. The summed E-state index contributed by atoms with van der Waals surface area (Å²) in [6.07, 6.45) is 2.85. The van der Waals surface area contributed by atoms with Gasteiger partial charge in [-0.3, -0.25) is 4.79 Å². The van der Waals surface area contributed by atoms with Crippen LogP contribution in [0.15, 0.2) is 18.2 Å². The standard InChI is InChI=1S/C15H19N3OS/c16-8-2-4-13-3-1-5-14(17-13)18-15(19)11-12-6-9-20-10-7-12/h1,3,5,12H,6-11,16H2,(H,17,18,19). The largest absolute Gasteiger partial charge is 0.320 e. The van der Waals surface area contributed by atoms with Crippen LogP contribution in [0.4, 0.5) is 5.82 Å².